The van der Waals surface area contributed by atoms with Gasteiger partial charge in [0.25, 0.3) is 5.91 Å². The van der Waals surface area contributed by atoms with E-state index >= 15 is 0 Å². The van der Waals surface area contributed by atoms with Gasteiger partial charge in [-0.15, -0.1) is 11.8 Å². The van der Waals surface area contributed by atoms with Gasteiger partial charge in [0.05, 0.1) is 12.2 Å². The Labute approximate surface area is 190 Å². The third kappa shape index (κ3) is 3.33. The van der Waals surface area contributed by atoms with Crippen LogP contribution in [0.4, 0.5) is 20.6 Å². The van der Waals surface area contributed by atoms with E-state index in [9.17, 15) is 14.0 Å². The van der Waals surface area contributed by atoms with Crippen molar-refractivity contribution in [2.24, 2.45) is 0 Å². The normalized spacial score (nSPS) is 19.5. The predicted molar refractivity (Wildman–Crippen MR) is 125 cm³/mol. The average Bonchev–Trinajstić information content (AvgIpc) is 3.31. The highest BCUT2D eigenvalue weighted by Gasteiger charge is 2.59. The molecule has 7 heteroatoms. The van der Waals surface area contributed by atoms with E-state index < -0.39 is 4.87 Å². The summed E-state index contributed by atoms with van der Waals surface area (Å²) in [7, 11) is 0. The number of rotatable bonds is 3. The number of fused-ring (bicyclic) bond motifs is 2. The van der Waals surface area contributed by atoms with Crippen LogP contribution < -0.4 is 10.2 Å². The number of hydrogen-bond donors (Lipinski definition) is 1. The molecule has 32 heavy (non-hydrogen) atoms. The summed E-state index contributed by atoms with van der Waals surface area (Å²) in [6.07, 6.45) is 0. The third-order valence-corrected chi connectivity index (χ3v) is 7.26. The van der Waals surface area contributed by atoms with Gasteiger partial charge in [-0.25, -0.2) is 9.18 Å². The van der Waals surface area contributed by atoms with Crippen LogP contribution in [0.15, 0.2) is 72.8 Å². The van der Waals surface area contributed by atoms with Crippen LogP contribution in [0.2, 0.25) is 0 Å². The standard InChI is InChI=1S/C25H22FN3O2S/c1-17-6-4-9-20(14-17)27-24(31)29-12-13-32-25(29)21-10-2-3-11-22(21)28(23(25)30)16-18-7-5-8-19(26)15-18/h2-11,14-15H,12-13,16H2,1H3,(H,27,31)/t25-/m1/s1. The number of halogens is 1. The predicted octanol–water partition coefficient (Wildman–Crippen LogP) is 5.11. The van der Waals surface area contributed by atoms with Crippen LogP contribution in [0.1, 0.15) is 16.7 Å². The maximum Gasteiger partial charge on any atom is 0.323 e. The lowest BCUT2D eigenvalue weighted by atomic mass is 10.1. The Bertz CT molecular complexity index is 1220. The topological polar surface area (TPSA) is 52.7 Å². The minimum absolute atomic E-state index is 0.176. The summed E-state index contributed by atoms with van der Waals surface area (Å²) in [5.41, 5.74) is 3.98. The van der Waals surface area contributed by atoms with Crippen molar-refractivity contribution < 1.29 is 14.0 Å². The zero-order valence-electron chi connectivity index (χ0n) is 17.5. The number of thioether (sulfide) groups is 1. The third-order valence-electron chi connectivity index (χ3n) is 5.85. The number of carbonyl (C=O) groups is 2. The molecule has 3 aromatic carbocycles. The van der Waals surface area contributed by atoms with Gasteiger partial charge in [-0.2, -0.15) is 0 Å². The summed E-state index contributed by atoms with van der Waals surface area (Å²) in [5, 5.41) is 2.95. The molecule has 3 amide bonds. The van der Waals surface area contributed by atoms with Crippen LogP contribution >= 0.6 is 11.8 Å². The average molecular weight is 448 g/mol. The molecule has 0 aliphatic carbocycles. The molecule has 2 aliphatic heterocycles. The molecule has 0 aromatic heterocycles. The van der Waals surface area contributed by atoms with Crippen molar-refractivity contribution >= 4 is 35.1 Å². The minimum Gasteiger partial charge on any atom is -0.308 e. The van der Waals surface area contributed by atoms with Gasteiger partial charge in [-0.1, -0.05) is 42.5 Å². The Morgan fingerprint density at radius 2 is 1.91 bits per heavy atom. The van der Waals surface area contributed by atoms with Crippen molar-refractivity contribution in [1.29, 1.82) is 0 Å². The zero-order valence-corrected chi connectivity index (χ0v) is 18.4. The van der Waals surface area contributed by atoms with Gasteiger partial charge in [-0.3, -0.25) is 9.69 Å². The Kier molecular flexibility index (Phi) is 5.13. The second kappa shape index (κ2) is 7.98. The molecule has 162 valence electrons. The van der Waals surface area contributed by atoms with Crippen LogP contribution in [-0.4, -0.2) is 29.1 Å². The number of urea groups is 1. The molecule has 1 N–H and O–H groups in total. The van der Waals surface area contributed by atoms with Crippen LogP contribution in [0.3, 0.4) is 0 Å². The molecule has 5 rings (SSSR count). The summed E-state index contributed by atoms with van der Waals surface area (Å²) in [6.45, 7) is 2.66. The Balaban J connectivity index is 1.51. The lowest BCUT2D eigenvalue weighted by Crippen LogP contribution is -2.51. The van der Waals surface area contributed by atoms with E-state index in [4.69, 9.17) is 0 Å². The first-order valence-electron chi connectivity index (χ1n) is 10.4. The van der Waals surface area contributed by atoms with Crippen molar-refractivity contribution in [2.45, 2.75) is 18.3 Å². The number of para-hydroxylation sites is 1. The highest BCUT2D eigenvalue weighted by molar-refractivity contribution is 8.01. The van der Waals surface area contributed by atoms with Crippen molar-refractivity contribution in [3.63, 3.8) is 0 Å². The first-order chi connectivity index (χ1) is 15.5. The monoisotopic (exact) mass is 447 g/mol. The number of aryl methyl sites for hydroxylation is 1. The van der Waals surface area contributed by atoms with Gasteiger partial charge >= 0.3 is 6.03 Å². The SMILES string of the molecule is Cc1cccc(NC(=O)N2CCS[C@]23C(=O)N(Cc2cccc(F)c2)c2ccccc23)c1. The fourth-order valence-corrected chi connectivity index (χ4v) is 5.92. The minimum atomic E-state index is -1.13. The number of nitrogens with one attached hydrogen (secondary N) is 1. The number of nitrogens with zero attached hydrogens (tertiary/aromatic N) is 2. The molecule has 2 aliphatic rings. The van der Waals surface area contributed by atoms with E-state index in [1.165, 1.54) is 23.9 Å². The summed E-state index contributed by atoms with van der Waals surface area (Å²) < 4.78 is 13.8. The van der Waals surface area contributed by atoms with Gasteiger partial charge in [0.1, 0.15) is 5.82 Å². The number of hydrogen-bond acceptors (Lipinski definition) is 3. The molecule has 3 aromatic rings. The van der Waals surface area contributed by atoms with E-state index in [2.05, 4.69) is 5.32 Å². The maximum absolute atomic E-state index is 13.9. The largest absolute Gasteiger partial charge is 0.323 e. The maximum atomic E-state index is 13.9. The molecular weight excluding hydrogens is 425 g/mol. The van der Waals surface area contributed by atoms with E-state index in [0.717, 1.165) is 16.8 Å². The molecule has 5 nitrogen and oxygen atoms in total. The molecular formula is C25H22FN3O2S. The van der Waals surface area contributed by atoms with Crippen LogP contribution in [0.5, 0.6) is 0 Å². The second-order valence-electron chi connectivity index (χ2n) is 7.98. The molecule has 1 fully saturated rings. The molecule has 0 radical (unpaired) electrons. The smallest absolute Gasteiger partial charge is 0.308 e. The Morgan fingerprint density at radius 3 is 2.72 bits per heavy atom. The van der Waals surface area contributed by atoms with E-state index in [-0.39, 0.29) is 24.3 Å². The number of anilines is 2. The van der Waals surface area contributed by atoms with Crippen molar-refractivity contribution in [3.05, 3.63) is 95.3 Å². The number of amides is 3. The molecule has 1 atom stereocenters. The summed E-state index contributed by atoms with van der Waals surface area (Å²) >= 11 is 1.47. The van der Waals surface area contributed by atoms with Crippen LogP contribution in [-0.2, 0) is 16.2 Å². The Hall–Kier alpha value is -3.32. The van der Waals surface area contributed by atoms with E-state index in [1.807, 2.05) is 55.5 Å². The number of benzene rings is 3. The lowest BCUT2D eigenvalue weighted by molar-refractivity contribution is -0.123. The zero-order chi connectivity index (χ0) is 22.3. The van der Waals surface area contributed by atoms with Gasteiger partial charge in [-0.05, 0) is 48.4 Å². The van der Waals surface area contributed by atoms with Gasteiger partial charge in [0, 0.05) is 23.5 Å². The molecule has 2 heterocycles. The summed E-state index contributed by atoms with van der Waals surface area (Å²) in [4.78, 5) is 29.4. The van der Waals surface area contributed by atoms with Gasteiger partial charge in [0.2, 0.25) is 0 Å². The summed E-state index contributed by atoms with van der Waals surface area (Å²) in [6, 6.07) is 21.1. The fourth-order valence-electron chi connectivity index (χ4n) is 4.46. The quantitative estimate of drug-likeness (QED) is 0.607. The number of carbonyl (C=O) groups excluding carboxylic acids is 2. The second-order valence-corrected chi connectivity index (χ2v) is 9.27. The molecule has 1 spiro atoms. The molecule has 0 saturated carbocycles. The van der Waals surface area contributed by atoms with Gasteiger partial charge in [0.15, 0.2) is 4.87 Å². The van der Waals surface area contributed by atoms with Crippen LogP contribution in [0.25, 0.3) is 0 Å². The molecule has 0 unspecified atom stereocenters. The van der Waals surface area contributed by atoms with Crippen molar-refractivity contribution in [2.75, 3.05) is 22.5 Å². The highest BCUT2D eigenvalue weighted by atomic mass is 32.2. The fraction of sp³-hybridized carbons (Fsp3) is 0.200. The first kappa shape index (κ1) is 20.6. The molecule has 1 saturated heterocycles. The Morgan fingerprint density at radius 1 is 1.09 bits per heavy atom. The lowest BCUT2D eigenvalue weighted by Gasteiger charge is -2.33. The first-order valence-corrected chi connectivity index (χ1v) is 11.4. The van der Waals surface area contributed by atoms with Gasteiger partial charge < -0.3 is 10.2 Å². The van der Waals surface area contributed by atoms with Crippen LogP contribution in [0, 0.1) is 12.7 Å². The highest BCUT2D eigenvalue weighted by Crippen LogP contribution is 2.54. The molecule has 0 bridgehead atoms. The van der Waals surface area contributed by atoms with E-state index in [1.54, 1.807) is 21.9 Å². The van der Waals surface area contributed by atoms with Crippen molar-refractivity contribution in [1.82, 2.24) is 4.90 Å². The van der Waals surface area contributed by atoms with Crippen molar-refractivity contribution in [3.8, 4) is 0 Å². The van der Waals surface area contributed by atoms with E-state index in [0.29, 0.717) is 23.5 Å². The summed E-state index contributed by atoms with van der Waals surface area (Å²) in [5.74, 6) is 0.131.